The molecular weight excluding hydrogens is 196 g/mol. The zero-order valence-electron chi connectivity index (χ0n) is 5.25. The van der Waals surface area contributed by atoms with Crippen LogP contribution in [0.15, 0.2) is 24.5 Å². The summed E-state index contributed by atoms with van der Waals surface area (Å²) in [5.74, 6) is -0.0591. The average molecular weight is 203 g/mol. The number of hydrogen-bond acceptors (Lipinski definition) is 1. The van der Waals surface area contributed by atoms with Crippen molar-refractivity contribution in [2.75, 3.05) is 10.8 Å². The van der Waals surface area contributed by atoms with Gasteiger partial charge in [-0.05, 0) is 12.1 Å². The molecule has 1 N–H and O–H groups in total. The zero-order valence-corrected chi connectivity index (χ0v) is 6.84. The lowest BCUT2D eigenvalue weighted by molar-refractivity contribution is -0.114. The van der Waals surface area contributed by atoms with E-state index >= 15 is 0 Å². The highest BCUT2D eigenvalue weighted by Gasteiger charge is 1.94. The maximum absolute atomic E-state index is 10.7. The van der Waals surface area contributed by atoms with E-state index < -0.39 is 0 Å². The minimum absolute atomic E-state index is 0.0591. The monoisotopic (exact) mass is 202 g/mol. The Balaban J connectivity index is 2.48. The van der Waals surface area contributed by atoms with Crippen LogP contribution in [0.3, 0.4) is 0 Å². The van der Waals surface area contributed by atoms with Crippen LogP contribution in [0.4, 0.5) is 0 Å². The molecule has 0 aliphatic rings. The quantitative estimate of drug-likeness (QED) is 0.713. The third-order valence-electron chi connectivity index (χ3n) is 0.980. The van der Waals surface area contributed by atoms with Crippen LogP contribution in [0.5, 0.6) is 0 Å². The Kier molecular flexibility index (Phi) is 2.50. The van der Waals surface area contributed by atoms with Crippen molar-refractivity contribution in [3.63, 3.8) is 0 Å². The van der Waals surface area contributed by atoms with E-state index in [-0.39, 0.29) is 5.91 Å². The zero-order chi connectivity index (χ0) is 7.40. The average Bonchev–Trinajstić information content (AvgIpc) is 2.40. The third kappa shape index (κ3) is 1.88. The summed E-state index contributed by atoms with van der Waals surface area (Å²) in [6.07, 6.45) is 3.53. The molecule has 0 radical (unpaired) electrons. The number of hydrogen-bond donors (Lipinski definition) is 1. The van der Waals surface area contributed by atoms with Gasteiger partial charge in [-0.1, -0.05) is 15.9 Å². The largest absolute Gasteiger partial charge is 0.272 e. The van der Waals surface area contributed by atoms with Gasteiger partial charge in [-0.15, -0.1) is 0 Å². The van der Waals surface area contributed by atoms with Crippen LogP contribution >= 0.6 is 15.9 Å². The molecule has 1 amide bonds. The standard InChI is InChI=1S/C6H7BrN2O/c7-5-6(10)8-9-3-1-2-4-9/h1-4H,5H2,(H,8,10). The lowest BCUT2D eigenvalue weighted by atomic mass is 10.7. The molecular formula is C6H7BrN2O. The molecule has 0 unspecified atom stereocenters. The van der Waals surface area contributed by atoms with Crippen LogP contribution in [0, 0.1) is 0 Å². The minimum Gasteiger partial charge on any atom is -0.272 e. The van der Waals surface area contributed by atoms with Crippen molar-refractivity contribution in [3.05, 3.63) is 24.5 Å². The molecule has 0 spiro atoms. The molecule has 10 heavy (non-hydrogen) atoms. The van der Waals surface area contributed by atoms with E-state index in [1.165, 1.54) is 0 Å². The molecule has 0 aromatic carbocycles. The first-order chi connectivity index (χ1) is 4.83. The van der Waals surface area contributed by atoms with Gasteiger partial charge in [0, 0.05) is 12.4 Å². The van der Waals surface area contributed by atoms with Crippen LogP contribution < -0.4 is 5.43 Å². The number of amides is 1. The number of aromatic nitrogens is 1. The number of rotatable bonds is 2. The van der Waals surface area contributed by atoms with Crippen molar-refractivity contribution in [1.82, 2.24) is 4.68 Å². The first-order valence-electron chi connectivity index (χ1n) is 2.81. The van der Waals surface area contributed by atoms with Crippen molar-refractivity contribution >= 4 is 21.8 Å². The summed E-state index contributed by atoms with van der Waals surface area (Å²) in [7, 11) is 0. The first kappa shape index (κ1) is 7.34. The SMILES string of the molecule is O=C(CBr)Nn1cccc1. The molecule has 1 aromatic rings. The molecule has 0 bridgehead atoms. The van der Waals surface area contributed by atoms with E-state index in [2.05, 4.69) is 21.4 Å². The summed E-state index contributed by atoms with van der Waals surface area (Å²) in [6.45, 7) is 0. The van der Waals surface area contributed by atoms with Gasteiger partial charge in [0.15, 0.2) is 0 Å². The fraction of sp³-hybridized carbons (Fsp3) is 0.167. The molecule has 1 heterocycles. The summed E-state index contributed by atoms with van der Waals surface area (Å²) < 4.78 is 1.60. The van der Waals surface area contributed by atoms with E-state index in [9.17, 15) is 4.79 Å². The predicted molar refractivity (Wildman–Crippen MR) is 42.6 cm³/mol. The van der Waals surface area contributed by atoms with Crippen LogP contribution in [-0.2, 0) is 4.79 Å². The maximum atomic E-state index is 10.7. The molecule has 1 aromatic heterocycles. The number of carbonyl (C=O) groups excluding carboxylic acids is 1. The predicted octanol–water partition coefficient (Wildman–Crippen LogP) is 0.953. The van der Waals surface area contributed by atoms with E-state index in [1.54, 1.807) is 17.1 Å². The Morgan fingerprint density at radius 1 is 1.50 bits per heavy atom. The topological polar surface area (TPSA) is 34.0 Å². The Hall–Kier alpha value is -0.770. The van der Waals surface area contributed by atoms with Gasteiger partial charge in [-0.25, -0.2) is 0 Å². The molecule has 1 rings (SSSR count). The normalized spacial score (nSPS) is 9.30. The second-order valence-corrected chi connectivity index (χ2v) is 2.32. The van der Waals surface area contributed by atoms with E-state index in [0.29, 0.717) is 5.33 Å². The smallest absolute Gasteiger partial charge is 0.249 e. The van der Waals surface area contributed by atoms with Crippen molar-refractivity contribution < 1.29 is 4.79 Å². The van der Waals surface area contributed by atoms with Gasteiger partial charge in [0.05, 0.1) is 5.33 Å². The summed E-state index contributed by atoms with van der Waals surface area (Å²) in [4.78, 5) is 10.7. The Morgan fingerprint density at radius 3 is 2.60 bits per heavy atom. The van der Waals surface area contributed by atoms with Gasteiger partial charge in [0.1, 0.15) is 0 Å². The molecule has 0 aliphatic carbocycles. The number of nitrogens with one attached hydrogen (secondary N) is 1. The lowest BCUT2D eigenvalue weighted by Gasteiger charge is -2.01. The van der Waals surface area contributed by atoms with Crippen molar-refractivity contribution in [2.45, 2.75) is 0 Å². The molecule has 3 nitrogen and oxygen atoms in total. The van der Waals surface area contributed by atoms with Crippen molar-refractivity contribution in [1.29, 1.82) is 0 Å². The molecule has 0 saturated heterocycles. The molecule has 0 atom stereocenters. The van der Waals surface area contributed by atoms with Crippen LogP contribution in [0.2, 0.25) is 0 Å². The number of carbonyl (C=O) groups is 1. The highest BCUT2D eigenvalue weighted by molar-refractivity contribution is 9.09. The Labute approximate surface area is 67.1 Å². The van der Waals surface area contributed by atoms with E-state index in [4.69, 9.17) is 0 Å². The fourth-order valence-corrected chi connectivity index (χ4v) is 0.708. The molecule has 0 fully saturated rings. The Morgan fingerprint density at radius 2 is 2.10 bits per heavy atom. The number of nitrogens with zero attached hydrogens (tertiary/aromatic N) is 1. The Bertz CT molecular complexity index is 208. The third-order valence-corrected chi connectivity index (χ3v) is 1.49. The molecule has 4 heteroatoms. The second kappa shape index (κ2) is 3.41. The highest BCUT2D eigenvalue weighted by Crippen LogP contribution is 1.86. The molecule has 0 saturated carbocycles. The van der Waals surface area contributed by atoms with Crippen LogP contribution in [0.25, 0.3) is 0 Å². The lowest BCUT2D eigenvalue weighted by Crippen LogP contribution is -2.21. The van der Waals surface area contributed by atoms with Crippen molar-refractivity contribution in [2.24, 2.45) is 0 Å². The second-order valence-electron chi connectivity index (χ2n) is 1.76. The van der Waals surface area contributed by atoms with E-state index in [0.717, 1.165) is 0 Å². The fourth-order valence-electron chi connectivity index (χ4n) is 0.583. The van der Waals surface area contributed by atoms with Crippen LogP contribution in [0.1, 0.15) is 0 Å². The van der Waals surface area contributed by atoms with Crippen LogP contribution in [-0.4, -0.2) is 15.9 Å². The van der Waals surface area contributed by atoms with Crippen molar-refractivity contribution in [3.8, 4) is 0 Å². The minimum atomic E-state index is -0.0591. The van der Waals surface area contributed by atoms with Gasteiger partial charge >= 0.3 is 0 Å². The summed E-state index contributed by atoms with van der Waals surface area (Å²) in [6, 6.07) is 3.68. The van der Waals surface area contributed by atoms with Gasteiger partial charge in [-0.3, -0.25) is 14.9 Å². The first-order valence-corrected chi connectivity index (χ1v) is 3.94. The van der Waals surface area contributed by atoms with Gasteiger partial charge in [0.25, 0.3) is 0 Å². The van der Waals surface area contributed by atoms with Gasteiger partial charge < -0.3 is 0 Å². The number of alkyl halides is 1. The summed E-state index contributed by atoms with van der Waals surface area (Å²) >= 11 is 3.04. The van der Waals surface area contributed by atoms with E-state index in [1.807, 2.05) is 12.1 Å². The van der Waals surface area contributed by atoms with Gasteiger partial charge in [0.2, 0.25) is 5.91 Å². The summed E-state index contributed by atoms with van der Waals surface area (Å²) in [5, 5.41) is 0.325. The molecule has 54 valence electrons. The summed E-state index contributed by atoms with van der Waals surface area (Å²) in [5.41, 5.74) is 2.60. The number of halogens is 1. The highest BCUT2D eigenvalue weighted by atomic mass is 79.9. The molecule has 0 aliphatic heterocycles. The maximum Gasteiger partial charge on any atom is 0.249 e. The van der Waals surface area contributed by atoms with Gasteiger partial charge in [-0.2, -0.15) is 0 Å².